The number of fused-ring (bicyclic) bond motifs is 1. The van der Waals surface area contributed by atoms with Gasteiger partial charge in [-0.2, -0.15) is 0 Å². The van der Waals surface area contributed by atoms with Crippen molar-refractivity contribution in [2.24, 2.45) is 17.8 Å². The van der Waals surface area contributed by atoms with Gasteiger partial charge in [-0.3, -0.25) is 9.69 Å². The fourth-order valence-electron chi connectivity index (χ4n) is 3.67. The molecule has 4 nitrogen and oxygen atoms in total. The summed E-state index contributed by atoms with van der Waals surface area (Å²) in [6.07, 6.45) is 4.98. The summed E-state index contributed by atoms with van der Waals surface area (Å²) in [5, 5.41) is 3.12. The lowest BCUT2D eigenvalue weighted by atomic mass is 10.1. The molecule has 1 aliphatic heterocycles. The van der Waals surface area contributed by atoms with Crippen LogP contribution >= 0.6 is 0 Å². The molecule has 2 atom stereocenters. The van der Waals surface area contributed by atoms with Crippen molar-refractivity contribution in [3.63, 3.8) is 0 Å². The molecule has 0 unspecified atom stereocenters. The molecule has 3 fully saturated rings. The maximum Gasteiger partial charge on any atom is 0.223 e. The van der Waals surface area contributed by atoms with Gasteiger partial charge in [-0.1, -0.05) is 6.42 Å². The molecule has 0 bridgehead atoms. The summed E-state index contributed by atoms with van der Waals surface area (Å²) in [6, 6.07) is 0. The number of hydrogen-bond donors (Lipinski definition) is 1. The number of hydrogen-bond acceptors (Lipinski definition) is 3. The molecule has 0 aromatic heterocycles. The van der Waals surface area contributed by atoms with E-state index in [1.165, 1.54) is 19.3 Å². The van der Waals surface area contributed by atoms with E-state index in [9.17, 15) is 4.79 Å². The molecule has 1 heterocycles. The van der Waals surface area contributed by atoms with E-state index in [0.29, 0.717) is 11.8 Å². The molecule has 0 spiro atoms. The maximum absolute atomic E-state index is 11.9. The normalized spacial score (nSPS) is 35.2. The van der Waals surface area contributed by atoms with Crippen LogP contribution in [-0.4, -0.2) is 50.2 Å². The topological polar surface area (TPSA) is 41.6 Å². The van der Waals surface area contributed by atoms with Crippen LogP contribution in [0.5, 0.6) is 0 Å². The Balaban J connectivity index is 1.27. The lowest BCUT2D eigenvalue weighted by Gasteiger charge is -2.26. The highest BCUT2D eigenvalue weighted by molar-refractivity contribution is 5.82. The Hall–Kier alpha value is -0.610. The predicted molar refractivity (Wildman–Crippen MR) is 69.2 cm³/mol. The van der Waals surface area contributed by atoms with Gasteiger partial charge in [0.15, 0.2) is 0 Å². The van der Waals surface area contributed by atoms with E-state index in [4.69, 9.17) is 4.74 Å². The molecular formula is C14H24N2O2. The third-order valence-electron chi connectivity index (χ3n) is 4.76. The Bertz CT molecular complexity index is 292. The molecule has 102 valence electrons. The Morgan fingerprint density at radius 2 is 1.94 bits per heavy atom. The minimum atomic E-state index is 0.326. The molecular weight excluding hydrogens is 228 g/mol. The first-order valence-corrected chi connectivity index (χ1v) is 7.44. The van der Waals surface area contributed by atoms with Crippen molar-refractivity contribution in [2.45, 2.75) is 25.7 Å². The zero-order valence-electron chi connectivity index (χ0n) is 11.1. The summed E-state index contributed by atoms with van der Waals surface area (Å²) < 4.78 is 5.31. The number of rotatable bonds is 5. The summed E-state index contributed by atoms with van der Waals surface area (Å²) in [7, 11) is 0. The SMILES string of the molecule is O=C(NCCCN1CCOCC1)C1[C@H]2CCC[C@H]12. The van der Waals surface area contributed by atoms with Crippen LogP contribution in [0.15, 0.2) is 0 Å². The monoisotopic (exact) mass is 252 g/mol. The molecule has 4 heteroatoms. The van der Waals surface area contributed by atoms with Crippen LogP contribution in [0.1, 0.15) is 25.7 Å². The first kappa shape index (κ1) is 12.4. The number of carbonyl (C=O) groups is 1. The smallest absolute Gasteiger partial charge is 0.223 e. The van der Waals surface area contributed by atoms with E-state index in [1.54, 1.807) is 0 Å². The van der Waals surface area contributed by atoms with Crippen molar-refractivity contribution in [1.29, 1.82) is 0 Å². The molecule has 1 N–H and O–H groups in total. The molecule has 1 amide bonds. The number of morpholine rings is 1. The molecule has 0 aromatic carbocycles. The Morgan fingerprint density at radius 3 is 2.67 bits per heavy atom. The quantitative estimate of drug-likeness (QED) is 0.738. The molecule has 3 rings (SSSR count). The lowest BCUT2D eigenvalue weighted by Crippen LogP contribution is -2.38. The van der Waals surface area contributed by atoms with Gasteiger partial charge < -0.3 is 10.1 Å². The highest BCUT2D eigenvalue weighted by atomic mass is 16.5. The largest absolute Gasteiger partial charge is 0.379 e. The van der Waals surface area contributed by atoms with Crippen LogP contribution < -0.4 is 5.32 Å². The molecule has 2 aliphatic carbocycles. The third kappa shape index (κ3) is 2.69. The Labute approximate surface area is 109 Å². The zero-order chi connectivity index (χ0) is 12.4. The van der Waals surface area contributed by atoms with Crippen LogP contribution in [0.25, 0.3) is 0 Å². The molecule has 1 saturated heterocycles. The van der Waals surface area contributed by atoms with Crippen LogP contribution in [0.2, 0.25) is 0 Å². The highest BCUT2D eigenvalue weighted by Gasteiger charge is 2.56. The molecule has 2 saturated carbocycles. The second-order valence-electron chi connectivity index (χ2n) is 5.88. The van der Waals surface area contributed by atoms with Crippen LogP contribution in [0.3, 0.4) is 0 Å². The fraction of sp³-hybridized carbons (Fsp3) is 0.929. The lowest BCUT2D eigenvalue weighted by molar-refractivity contribution is -0.123. The second kappa shape index (κ2) is 5.57. The average molecular weight is 252 g/mol. The van der Waals surface area contributed by atoms with Gasteiger partial charge in [-0.25, -0.2) is 0 Å². The minimum Gasteiger partial charge on any atom is -0.379 e. The summed E-state index contributed by atoms with van der Waals surface area (Å²) >= 11 is 0. The van der Waals surface area contributed by atoms with Gasteiger partial charge in [0, 0.05) is 25.6 Å². The van der Waals surface area contributed by atoms with E-state index >= 15 is 0 Å². The van der Waals surface area contributed by atoms with Crippen LogP contribution in [0.4, 0.5) is 0 Å². The van der Waals surface area contributed by atoms with Crippen molar-refractivity contribution in [3.05, 3.63) is 0 Å². The minimum absolute atomic E-state index is 0.326. The molecule has 3 aliphatic rings. The molecule has 0 radical (unpaired) electrons. The fourth-order valence-corrected chi connectivity index (χ4v) is 3.67. The maximum atomic E-state index is 11.9. The molecule has 18 heavy (non-hydrogen) atoms. The number of nitrogens with zero attached hydrogens (tertiary/aromatic N) is 1. The average Bonchev–Trinajstić information content (AvgIpc) is 2.89. The summed E-state index contributed by atoms with van der Waals surface area (Å²) in [4.78, 5) is 14.3. The van der Waals surface area contributed by atoms with Crippen LogP contribution in [0, 0.1) is 17.8 Å². The van der Waals surface area contributed by atoms with Crippen LogP contribution in [-0.2, 0) is 9.53 Å². The van der Waals surface area contributed by atoms with Gasteiger partial charge in [-0.05, 0) is 37.6 Å². The van der Waals surface area contributed by atoms with Gasteiger partial charge in [0.2, 0.25) is 5.91 Å². The Morgan fingerprint density at radius 1 is 1.22 bits per heavy atom. The van der Waals surface area contributed by atoms with E-state index in [2.05, 4.69) is 10.2 Å². The van der Waals surface area contributed by atoms with Crippen molar-refractivity contribution >= 4 is 5.91 Å². The van der Waals surface area contributed by atoms with Gasteiger partial charge in [0.25, 0.3) is 0 Å². The number of nitrogens with one attached hydrogen (secondary N) is 1. The number of ether oxygens (including phenoxy) is 1. The number of amides is 1. The van der Waals surface area contributed by atoms with Crippen molar-refractivity contribution in [1.82, 2.24) is 10.2 Å². The first-order chi connectivity index (χ1) is 8.86. The summed E-state index contributed by atoms with van der Waals surface area (Å²) in [6.45, 7) is 5.73. The van der Waals surface area contributed by atoms with E-state index in [1.807, 2.05) is 0 Å². The van der Waals surface area contributed by atoms with Gasteiger partial charge >= 0.3 is 0 Å². The van der Waals surface area contributed by atoms with E-state index in [-0.39, 0.29) is 0 Å². The van der Waals surface area contributed by atoms with Crippen molar-refractivity contribution in [3.8, 4) is 0 Å². The van der Waals surface area contributed by atoms with Crippen molar-refractivity contribution < 1.29 is 9.53 Å². The zero-order valence-corrected chi connectivity index (χ0v) is 11.1. The van der Waals surface area contributed by atoms with Gasteiger partial charge in [0.05, 0.1) is 13.2 Å². The first-order valence-electron chi connectivity index (χ1n) is 7.44. The van der Waals surface area contributed by atoms with E-state index < -0.39 is 0 Å². The highest BCUT2D eigenvalue weighted by Crippen LogP contribution is 2.57. The van der Waals surface area contributed by atoms with Gasteiger partial charge in [-0.15, -0.1) is 0 Å². The Kier molecular flexibility index (Phi) is 3.85. The van der Waals surface area contributed by atoms with Gasteiger partial charge in [0.1, 0.15) is 0 Å². The number of carbonyl (C=O) groups excluding carboxylic acids is 1. The van der Waals surface area contributed by atoms with Crippen molar-refractivity contribution in [2.75, 3.05) is 39.4 Å². The third-order valence-corrected chi connectivity index (χ3v) is 4.76. The summed E-state index contributed by atoms with van der Waals surface area (Å²) in [5.41, 5.74) is 0. The van der Waals surface area contributed by atoms with E-state index in [0.717, 1.165) is 57.6 Å². The predicted octanol–water partition coefficient (Wildman–Crippen LogP) is 0.871. The molecule has 0 aromatic rings. The second-order valence-corrected chi connectivity index (χ2v) is 5.88. The summed E-state index contributed by atoms with van der Waals surface area (Å²) in [5.74, 6) is 2.18. The standard InChI is InChI=1S/C14H24N2O2/c17-14(13-11-3-1-4-12(11)13)15-5-2-6-16-7-9-18-10-8-16/h11-13H,1-10H2,(H,15,17)/t11-,12-/m0/s1.